The normalized spacial score (nSPS) is 10.6. The van der Waals surface area contributed by atoms with Crippen molar-refractivity contribution in [3.8, 4) is 0 Å². The molecule has 0 aliphatic rings. The average Bonchev–Trinajstić information content (AvgIpc) is 2.76. The second-order valence-corrected chi connectivity index (χ2v) is 3.31. The second kappa shape index (κ2) is 4.85. The van der Waals surface area contributed by atoms with E-state index < -0.39 is 11.6 Å². The molecule has 5 heteroatoms. The topological polar surface area (TPSA) is 38.1 Å². The van der Waals surface area contributed by atoms with Gasteiger partial charge in [-0.05, 0) is 18.2 Å². The Bertz CT molecular complexity index is 457. The minimum atomic E-state index is -0.446. The van der Waals surface area contributed by atoms with Gasteiger partial charge in [-0.1, -0.05) is 0 Å². The van der Waals surface area contributed by atoms with Crippen molar-refractivity contribution in [2.24, 2.45) is 0 Å². The summed E-state index contributed by atoms with van der Waals surface area (Å²) in [6.07, 6.45) is 2.88. The third-order valence-electron chi connectivity index (χ3n) is 2.11. The Labute approximate surface area is 91.1 Å². The Hall–Kier alpha value is -1.75. The smallest absolute Gasteiger partial charge is 0.180 e. The highest BCUT2D eigenvalue weighted by molar-refractivity contribution is 5.18. The van der Waals surface area contributed by atoms with Crippen LogP contribution in [0.3, 0.4) is 0 Å². The van der Waals surface area contributed by atoms with Crippen LogP contribution in [0.15, 0.2) is 35.2 Å². The van der Waals surface area contributed by atoms with Crippen LogP contribution in [-0.4, -0.2) is 4.98 Å². The highest BCUT2D eigenvalue weighted by Gasteiger charge is 2.03. The van der Waals surface area contributed by atoms with Gasteiger partial charge in [-0.3, -0.25) is 0 Å². The van der Waals surface area contributed by atoms with Gasteiger partial charge in [0, 0.05) is 12.1 Å². The molecule has 2 rings (SSSR count). The second-order valence-electron chi connectivity index (χ2n) is 3.31. The zero-order chi connectivity index (χ0) is 11.4. The number of aromatic nitrogens is 1. The van der Waals surface area contributed by atoms with Crippen molar-refractivity contribution in [3.63, 3.8) is 0 Å². The Balaban J connectivity index is 1.92. The van der Waals surface area contributed by atoms with E-state index in [1.54, 1.807) is 6.20 Å². The number of nitrogens with one attached hydrogen (secondary N) is 1. The van der Waals surface area contributed by atoms with Crippen molar-refractivity contribution in [1.29, 1.82) is 0 Å². The number of hydrogen-bond acceptors (Lipinski definition) is 3. The number of halogens is 2. The molecule has 0 bridgehead atoms. The molecule has 0 spiro atoms. The summed E-state index contributed by atoms with van der Waals surface area (Å²) >= 11 is 0. The number of rotatable bonds is 4. The van der Waals surface area contributed by atoms with Gasteiger partial charge < -0.3 is 9.73 Å². The van der Waals surface area contributed by atoms with Crippen LogP contribution in [0.5, 0.6) is 0 Å². The summed E-state index contributed by atoms with van der Waals surface area (Å²) in [5.74, 6) is -0.221. The van der Waals surface area contributed by atoms with Crippen LogP contribution in [0.1, 0.15) is 11.3 Å². The van der Waals surface area contributed by atoms with Gasteiger partial charge in [-0.2, -0.15) is 0 Å². The first-order valence-corrected chi connectivity index (χ1v) is 4.78. The molecule has 0 fully saturated rings. The van der Waals surface area contributed by atoms with E-state index in [1.807, 2.05) is 0 Å². The van der Waals surface area contributed by atoms with Crippen LogP contribution in [0.2, 0.25) is 0 Å². The first-order chi connectivity index (χ1) is 7.75. The van der Waals surface area contributed by atoms with Gasteiger partial charge in [0.15, 0.2) is 6.39 Å². The highest BCUT2D eigenvalue weighted by atomic mass is 19.1. The van der Waals surface area contributed by atoms with E-state index in [1.165, 1.54) is 12.5 Å². The molecule has 1 aromatic heterocycles. The van der Waals surface area contributed by atoms with Crippen LogP contribution in [0.25, 0.3) is 0 Å². The third-order valence-corrected chi connectivity index (χ3v) is 2.11. The molecule has 0 radical (unpaired) electrons. The van der Waals surface area contributed by atoms with E-state index in [-0.39, 0.29) is 6.54 Å². The fraction of sp³-hybridized carbons (Fsp3) is 0.182. The van der Waals surface area contributed by atoms with Crippen molar-refractivity contribution < 1.29 is 13.2 Å². The van der Waals surface area contributed by atoms with E-state index >= 15 is 0 Å². The standard InChI is InChI=1S/C11H10F2N2O/c12-9-1-2-11(13)8(3-9)4-14-5-10-6-15-7-16-10/h1-3,6-7,14H,4-5H2. The SMILES string of the molecule is Fc1ccc(F)c(CNCc2cnco2)c1. The third kappa shape index (κ3) is 2.64. The van der Waals surface area contributed by atoms with Gasteiger partial charge in [0.1, 0.15) is 17.4 Å². The van der Waals surface area contributed by atoms with Crippen LogP contribution < -0.4 is 5.32 Å². The molecule has 0 atom stereocenters. The minimum Gasteiger partial charge on any atom is -0.447 e. The fourth-order valence-corrected chi connectivity index (χ4v) is 1.33. The monoisotopic (exact) mass is 224 g/mol. The molecule has 0 amide bonds. The molecular weight excluding hydrogens is 214 g/mol. The number of nitrogens with zero attached hydrogens (tertiary/aromatic N) is 1. The van der Waals surface area contributed by atoms with Gasteiger partial charge in [-0.25, -0.2) is 13.8 Å². The number of oxazole rings is 1. The van der Waals surface area contributed by atoms with Gasteiger partial charge in [0.05, 0.1) is 12.7 Å². The molecular formula is C11H10F2N2O. The van der Waals surface area contributed by atoms with Crippen molar-refractivity contribution in [3.05, 3.63) is 53.7 Å². The Morgan fingerprint density at radius 1 is 1.25 bits per heavy atom. The summed E-state index contributed by atoms with van der Waals surface area (Å²) in [5.41, 5.74) is 0.291. The highest BCUT2D eigenvalue weighted by Crippen LogP contribution is 2.09. The molecule has 0 saturated heterocycles. The maximum Gasteiger partial charge on any atom is 0.180 e. The number of hydrogen-bond donors (Lipinski definition) is 1. The summed E-state index contributed by atoms with van der Waals surface area (Å²) in [5, 5.41) is 2.93. The summed E-state index contributed by atoms with van der Waals surface area (Å²) in [6.45, 7) is 0.667. The fourth-order valence-electron chi connectivity index (χ4n) is 1.33. The van der Waals surface area contributed by atoms with Gasteiger partial charge >= 0.3 is 0 Å². The van der Waals surface area contributed by atoms with E-state index in [4.69, 9.17) is 4.42 Å². The molecule has 1 heterocycles. The molecule has 2 aromatic rings. The Morgan fingerprint density at radius 3 is 2.88 bits per heavy atom. The summed E-state index contributed by atoms with van der Waals surface area (Å²) in [7, 11) is 0. The zero-order valence-electron chi connectivity index (χ0n) is 8.41. The molecule has 0 aliphatic heterocycles. The van der Waals surface area contributed by atoms with Crippen molar-refractivity contribution in [2.75, 3.05) is 0 Å². The molecule has 0 unspecified atom stereocenters. The Morgan fingerprint density at radius 2 is 2.12 bits per heavy atom. The average molecular weight is 224 g/mol. The zero-order valence-corrected chi connectivity index (χ0v) is 8.41. The first-order valence-electron chi connectivity index (χ1n) is 4.78. The molecule has 1 N–H and O–H groups in total. The largest absolute Gasteiger partial charge is 0.447 e. The van der Waals surface area contributed by atoms with Crippen LogP contribution in [-0.2, 0) is 13.1 Å². The van der Waals surface area contributed by atoms with Gasteiger partial charge in [0.25, 0.3) is 0 Å². The maximum atomic E-state index is 13.2. The molecule has 1 aromatic carbocycles. The van der Waals surface area contributed by atoms with Crippen LogP contribution in [0, 0.1) is 11.6 Å². The molecule has 0 saturated carbocycles. The van der Waals surface area contributed by atoms with E-state index in [0.29, 0.717) is 17.9 Å². The molecule has 3 nitrogen and oxygen atoms in total. The molecule has 84 valence electrons. The predicted molar refractivity (Wildman–Crippen MR) is 53.4 cm³/mol. The summed E-state index contributed by atoms with van der Waals surface area (Å²) in [6, 6.07) is 3.37. The first kappa shape index (κ1) is 10.8. The lowest BCUT2D eigenvalue weighted by atomic mass is 10.2. The van der Waals surface area contributed by atoms with Gasteiger partial charge in [-0.15, -0.1) is 0 Å². The van der Waals surface area contributed by atoms with E-state index in [2.05, 4.69) is 10.3 Å². The lowest BCUT2D eigenvalue weighted by molar-refractivity contribution is 0.475. The van der Waals surface area contributed by atoms with Crippen LogP contribution >= 0.6 is 0 Å². The predicted octanol–water partition coefficient (Wildman–Crippen LogP) is 2.24. The minimum absolute atomic E-state index is 0.240. The van der Waals surface area contributed by atoms with E-state index in [0.717, 1.165) is 12.1 Å². The lowest BCUT2D eigenvalue weighted by Gasteiger charge is -2.04. The molecule has 16 heavy (non-hydrogen) atoms. The Kier molecular flexibility index (Phi) is 3.26. The maximum absolute atomic E-state index is 13.2. The van der Waals surface area contributed by atoms with Crippen molar-refractivity contribution in [2.45, 2.75) is 13.1 Å². The van der Waals surface area contributed by atoms with Crippen LogP contribution in [0.4, 0.5) is 8.78 Å². The quantitative estimate of drug-likeness (QED) is 0.865. The number of benzene rings is 1. The van der Waals surface area contributed by atoms with E-state index in [9.17, 15) is 8.78 Å². The van der Waals surface area contributed by atoms with Crippen molar-refractivity contribution >= 4 is 0 Å². The lowest BCUT2D eigenvalue weighted by Crippen LogP contribution is -2.13. The molecule has 0 aliphatic carbocycles. The van der Waals surface area contributed by atoms with Crippen molar-refractivity contribution in [1.82, 2.24) is 10.3 Å². The summed E-state index contributed by atoms with van der Waals surface area (Å²) < 4.78 is 31.0. The summed E-state index contributed by atoms with van der Waals surface area (Å²) in [4.78, 5) is 3.74. The van der Waals surface area contributed by atoms with Gasteiger partial charge in [0.2, 0.25) is 0 Å².